The highest BCUT2D eigenvalue weighted by atomic mass is 127. The summed E-state index contributed by atoms with van der Waals surface area (Å²) in [6.07, 6.45) is 1.80. The van der Waals surface area contributed by atoms with Crippen molar-refractivity contribution in [3.8, 4) is 17.2 Å². The Morgan fingerprint density at radius 1 is 0.959 bits per heavy atom. The van der Waals surface area contributed by atoms with Gasteiger partial charge in [0.1, 0.15) is 18.2 Å². The Hall–Kier alpha value is -4.02. The lowest BCUT2D eigenvalue weighted by Gasteiger charge is -2.26. The number of nitrogens with zero attached hydrogens (tertiary/aromatic N) is 2. The molecule has 12 heteroatoms. The maximum atomic E-state index is 14.4. The topological polar surface area (TPSA) is 88.4 Å². The average molecular weight is 903 g/mol. The quantitative estimate of drug-likeness (QED) is 0.112. The molecule has 0 N–H and O–H groups in total. The van der Waals surface area contributed by atoms with Gasteiger partial charge in [-0.1, -0.05) is 65.9 Å². The summed E-state index contributed by atoms with van der Waals surface area (Å²) in [5.41, 5.74) is 2.91. The molecule has 0 amide bonds. The van der Waals surface area contributed by atoms with E-state index in [0.29, 0.717) is 49.0 Å². The Bertz CT molecular complexity index is 2250. The summed E-state index contributed by atoms with van der Waals surface area (Å²) in [5, 5.41) is 0. The Kier molecular flexibility index (Phi) is 10.8. The molecule has 0 spiro atoms. The molecular weight excluding hydrogens is 873 g/mol. The fraction of sp³-hybridized carbons (Fsp3) is 0.162. The number of methoxy groups -OCH3 is 2. The number of esters is 1. The minimum atomic E-state index is -0.873. The minimum Gasteiger partial charge on any atom is -0.493 e. The Balaban J connectivity index is 1.51. The van der Waals surface area contributed by atoms with E-state index in [1.807, 2.05) is 42.5 Å². The molecule has 0 saturated heterocycles. The van der Waals surface area contributed by atoms with E-state index in [1.54, 1.807) is 56.5 Å². The Morgan fingerprint density at radius 2 is 1.65 bits per heavy atom. The summed E-state index contributed by atoms with van der Waals surface area (Å²) in [6.45, 7) is 1.96. The Morgan fingerprint density at radius 3 is 2.33 bits per heavy atom. The molecule has 1 aliphatic heterocycles. The van der Waals surface area contributed by atoms with E-state index in [1.165, 1.54) is 29.1 Å². The Labute approximate surface area is 312 Å². The first-order chi connectivity index (χ1) is 23.7. The number of ether oxygens (including phenoxy) is 4. The van der Waals surface area contributed by atoms with Gasteiger partial charge in [0.05, 0.1) is 49.8 Å². The van der Waals surface area contributed by atoms with Crippen molar-refractivity contribution >= 4 is 74.3 Å². The highest BCUT2D eigenvalue weighted by molar-refractivity contribution is 14.1. The molecule has 0 unspecified atom stereocenters. The van der Waals surface area contributed by atoms with Gasteiger partial charge in [-0.15, -0.1) is 0 Å². The summed E-state index contributed by atoms with van der Waals surface area (Å²) in [4.78, 5) is 33.5. The fourth-order valence-electron chi connectivity index (χ4n) is 5.50. The van der Waals surface area contributed by atoms with Crippen LogP contribution in [-0.2, 0) is 16.1 Å². The number of fused-ring (bicyclic) bond motifs is 1. The van der Waals surface area contributed by atoms with E-state index < -0.39 is 12.0 Å². The van der Waals surface area contributed by atoms with Gasteiger partial charge in [0.15, 0.2) is 16.3 Å². The van der Waals surface area contributed by atoms with Gasteiger partial charge in [-0.25, -0.2) is 14.2 Å². The van der Waals surface area contributed by atoms with Crippen molar-refractivity contribution < 1.29 is 28.1 Å². The van der Waals surface area contributed by atoms with Crippen LogP contribution in [0.3, 0.4) is 0 Å². The molecule has 1 aromatic heterocycles. The molecule has 8 nitrogen and oxygen atoms in total. The second-order valence-electron chi connectivity index (χ2n) is 10.7. The molecule has 49 heavy (non-hydrogen) atoms. The minimum absolute atomic E-state index is 0.0827. The normalized spacial score (nSPS) is 14.2. The van der Waals surface area contributed by atoms with E-state index >= 15 is 0 Å². The molecule has 1 atom stereocenters. The van der Waals surface area contributed by atoms with Gasteiger partial charge in [0, 0.05) is 11.1 Å². The molecule has 1 aliphatic rings. The van der Waals surface area contributed by atoms with Crippen LogP contribution >= 0.6 is 56.5 Å². The highest BCUT2D eigenvalue weighted by Gasteiger charge is 2.35. The van der Waals surface area contributed by atoms with Crippen molar-refractivity contribution in [2.45, 2.75) is 19.6 Å². The number of carbonyl (C=O) groups is 1. The van der Waals surface area contributed by atoms with Crippen LogP contribution in [-0.4, -0.2) is 31.4 Å². The molecular formula is C37H29FI2N2O6S. The largest absolute Gasteiger partial charge is 0.493 e. The SMILES string of the molecule is CCOC(=O)C1=C(c2ccccc2)N=c2s/c(=C\c3cc(I)c(OCc4ccccc4F)c(I)c3)c(=O)n2[C@H]1c1ccc(OC)c(OC)c1. The van der Waals surface area contributed by atoms with Crippen LogP contribution in [0.1, 0.15) is 35.2 Å². The number of carbonyl (C=O) groups excluding carboxylic acids is 1. The highest BCUT2D eigenvalue weighted by Crippen LogP contribution is 2.38. The van der Waals surface area contributed by atoms with Crippen LogP contribution in [0, 0.1) is 13.0 Å². The number of aromatic nitrogens is 1. The molecule has 2 heterocycles. The monoisotopic (exact) mass is 902 g/mol. The molecule has 0 radical (unpaired) electrons. The van der Waals surface area contributed by atoms with Gasteiger partial charge in [0.2, 0.25) is 0 Å². The van der Waals surface area contributed by atoms with Crippen LogP contribution in [0.2, 0.25) is 0 Å². The van der Waals surface area contributed by atoms with Gasteiger partial charge >= 0.3 is 5.97 Å². The molecule has 5 aromatic rings. The zero-order valence-corrected chi connectivity index (χ0v) is 31.7. The van der Waals surface area contributed by atoms with Gasteiger partial charge in [-0.05, 0) is 99.6 Å². The van der Waals surface area contributed by atoms with E-state index in [4.69, 9.17) is 23.9 Å². The molecule has 4 aromatic carbocycles. The van der Waals surface area contributed by atoms with E-state index in [2.05, 4.69) is 45.2 Å². The third-order valence-corrected chi connectivity index (χ3v) is 10.3. The predicted octanol–water partition coefficient (Wildman–Crippen LogP) is 6.88. The van der Waals surface area contributed by atoms with Gasteiger partial charge in [0.25, 0.3) is 5.56 Å². The summed E-state index contributed by atoms with van der Waals surface area (Å²) in [5.74, 6) is 0.684. The summed E-state index contributed by atoms with van der Waals surface area (Å²) in [6, 6.07) is 24.1. The van der Waals surface area contributed by atoms with Crippen molar-refractivity contribution in [2.24, 2.45) is 4.99 Å². The van der Waals surface area contributed by atoms with Crippen molar-refractivity contribution in [2.75, 3.05) is 20.8 Å². The van der Waals surface area contributed by atoms with Gasteiger partial charge in [-0.3, -0.25) is 9.36 Å². The molecule has 6 rings (SSSR count). The second kappa shape index (κ2) is 15.3. The summed E-state index contributed by atoms with van der Waals surface area (Å²) >= 11 is 5.59. The first-order valence-electron chi connectivity index (χ1n) is 15.1. The lowest BCUT2D eigenvalue weighted by molar-refractivity contribution is -0.138. The van der Waals surface area contributed by atoms with E-state index in [9.17, 15) is 14.0 Å². The van der Waals surface area contributed by atoms with Crippen LogP contribution in [0.5, 0.6) is 17.2 Å². The van der Waals surface area contributed by atoms with E-state index in [0.717, 1.165) is 12.7 Å². The zero-order chi connectivity index (χ0) is 34.7. The summed E-state index contributed by atoms with van der Waals surface area (Å²) in [7, 11) is 3.08. The third-order valence-electron chi connectivity index (χ3n) is 7.75. The molecule has 0 bridgehead atoms. The van der Waals surface area contributed by atoms with E-state index in [-0.39, 0.29) is 30.2 Å². The predicted molar refractivity (Wildman–Crippen MR) is 203 cm³/mol. The van der Waals surface area contributed by atoms with Crippen LogP contribution in [0.4, 0.5) is 4.39 Å². The van der Waals surface area contributed by atoms with Gasteiger partial charge in [-0.2, -0.15) is 0 Å². The van der Waals surface area contributed by atoms with Crippen LogP contribution in [0.15, 0.2) is 100 Å². The smallest absolute Gasteiger partial charge is 0.338 e. The first-order valence-corrected chi connectivity index (χ1v) is 18.1. The maximum Gasteiger partial charge on any atom is 0.338 e. The molecule has 0 fully saturated rings. The second-order valence-corrected chi connectivity index (χ2v) is 14.1. The summed E-state index contributed by atoms with van der Waals surface area (Å²) < 4.78 is 40.4. The maximum absolute atomic E-state index is 14.4. The lowest BCUT2D eigenvalue weighted by atomic mass is 9.93. The van der Waals surface area contributed by atoms with Gasteiger partial charge < -0.3 is 18.9 Å². The number of halogens is 3. The van der Waals surface area contributed by atoms with Crippen molar-refractivity contribution in [3.05, 3.63) is 145 Å². The molecule has 250 valence electrons. The number of hydrogen-bond donors (Lipinski definition) is 0. The number of benzene rings is 4. The standard InChI is InChI=1S/C37H29FI2N2O6S/c1-4-47-36(44)31-32(22-10-6-5-7-11-22)41-37-42(33(31)23-14-15-28(45-2)29(19-23)46-3)35(43)30(49-37)18-21-16-26(39)34(27(40)17-21)48-20-24-12-8-9-13-25(24)38/h5-19,33H,4,20H2,1-3H3/b30-18-/t33-/m0/s1. The van der Waals surface area contributed by atoms with Crippen LogP contribution < -0.4 is 29.1 Å². The number of thiazole rings is 1. The fourth-order valence-corrected chi connectivity index (χ4v) is 8.62. The molecule has 0 saturated carbocycles. The van der Waals surface area contributed by atoms with Crippen LogP contribution in [0.25, 0.3) is 11.8 Å². The molecule has 0 aliphatic carbocycles. The van der Waals surface area contributed by atoms with Crippen molar-refractivity contribution in [3.63, 3.8) is 0 Å². The van der Waals surface area contributed by atoms with Crippen molar-refractivity contribution in [1.29, 1.82) is 0 Å². The number of rotatable bonds is 10. The average Bonchev–Trinajstić information content (AvgIpc) is 3.41. The first kappa shape index (κ1) is 34.8. The number of hydrogen-bond acceptors (Lipinski definition) is 8. The van der Waals surface area contributed by atoms with Crippen molar-refractivity contribution in [1.82, 2.24) is 4.57 Å². The third kappa shape index (κ3) is 7.17. The lowest BCUT2D eigenvalue weighted by Crippen LogP contribution is -2.40. The zero-order valence-electron chi connectivity index (χ0n) is 26.5.